The molecule has 0 saturated heterocycles. The van der Waals surface area contributed by atoms with Crippen LogP contribution in [-0.4, -0.2) is 37.7 Å². The van der Waals surface area contributed by atoms with Crippen molar-refractivity contribution in [2.75, 3.05) is 12.1 Å². The molecule has 0 atom stereocenters. The summed E-state index contributed by atoms with van der Waals surface area (Å²) in [6.45, 7) is 0.777. The van der Waals surface area contributed by atoms with E-state index in [9.17, 15) is 4.79 Å². The zero-order valence-electron chi connectivity index (χ0n) is 15.2. The summed E-state index contributed by atoms with van der Waals surface area (Å²) >= 11 is 0. The van der Waals surface area contributed by atoms with Crippen LogP contribution in [-0.2, 0) is 6.54 Å². The molecule has 2 N–H and O–H groups in total. The number of aromatic nitrogens is 5. The van der Waals surface area contributed by atoms with Crippen LogP contribution in [0.1, 0.15) is 16.1 Å². The van der Waals surface area contributed by atoms with Crippen molar-refractivity contribution < 1.29 is 14.3 Å². The molecule has 9 heteroatoms. The zero-order valence-corrected chi connectivity index (χ0v) is 15.2. The molecule has 29 heavy (non-hydrogen) atoms. The number of fused-ring (bicyclic) bond motifs is 1. The number of hydrogen-bond acceptors (Lipinski definition) is 6. The number of amides is 1. The van der Waals surface area contributed by atoms with E-state index in [-0.39, 0.29) is 18.6 Å². The molecule has 0 unspecified atom stereocenters. The van der Waals surface area contributed by atoms with Crippen LogP contribution < -0.4 is 14.8 Å². The summed E-state index contributed by atoms with van der Waals surface area (Å²) in [5.41, 5.74) is 2.83. The Hall–Kier alpha value is -4.14. The maximum atomic E-state index is 12.5. The van der Waals surface area contributed by atoms with Gasteiger partial charge < -0.3 is 9.47 Å². The van der Waals surface area contributed by atoms with Gasteiger partial charge in [-0.2, -0.15) is 5.10 Å². The Morgan fingerprint density at radius 2 is 1.97 bits per heavy atom. The van der Waals surface area contributed by atoms with Gasteiger partial charge in [0.2, 0.25) is 12.7 Å². The van der Waals surface area contributed by atoms with Gasteiger partial charge >= 0.3 is 0 Å². The molecule has 2 aromatic carbocycles. The maximum Gasteiger partial charge on any atom is 0.276 e. The standard InChI is InChI=1S/C20H16N6O3/c27-19(22-20-21-11-26(25-20)10-13-4-2-1-3-5-13)16-9-15(23-24-16)14-6-7-17-18(8-14)29-12-28-17/h1-9,11H,10,12H2,(H,23,24)(H,22,25,27). The van der Waals surface area contributed by atoms with Gasteiger partial charge in [0, 0.05) is 5.56 Å². The second-order valence-electron chi connectivity index (χ2n) is 6.44. The van der Waals surface area contributed by atoms with Crippen molar-refractivity contribution in [2.45, 2.75) is 6.54 Å². The molecule has 4 aromatic rings. The smallest absolute Gasteiger partial charge is 0.276 e. The van der Waals surface area contributed by atoms with Crippen molar-refractivity contribution in [3.8, 4) is 22.8 Å². The topological polar surface area (TPSA) is 107 Å². The predicted molar refractivity (Wildman–Crippen MR) is 104 cm³/mol. The fraction of sp³-hybridized carbons (Fsp3) is 0.100. The first-order valence-electron chi connectivity index (χ1n) is 8.95. The van der Waals surface area contributed by atoms with Crippen LogP contribution in [0.2, 0.25) is 0 Å². The number of carbonyl (C=O) groups excluding carboxylic acids is 1. The van der Waals surface area contributed by atoms with E-state index in [1.165, 1.54) is 0 Å². The number of anilines is 1. The number of nitrogens with zero attached hydrogens (tertiary/aromatic N) is 4. The lowest BCUT2D eigenvalue weighted by Crippen LogP contribution is -2.14. The highest BCUT2D eigenvalue weighted by molar-refractivity contribution is 6.02. The SMILES string of the molecule is O=C(Nc1ncn(Cc2ccccc2)n1)c1cc(-c2ccc3c(c2)OCO3)n[nH]1. The van der Waals surface area contributed by atoms with E-state index in [0.717, 1.165) is 11.1 Å². The van der Waals surface area contributed by atoms with Gasteiger partial charge in [0.25, 0.3) is 5.91 Å². The summed E-state index contributed by atoms with van der Waals surface area (Å²) in [4.78, 5) is 16.6. The average Bonchev–Trinajstić information content (AvgIpc) is 3.49. The molecule has 0 fully saturated rings. The molecule has 0 saturated carbocycles. The Kier molecular flexibility index (Phi) is 4.17. The number of benzene rings is 2. The van der Waals surface area contributed by atoms with Crippen LogP contribution in [0.25, 0.3) is 11.3 Å². The normalized spacial score (nSPS) is 12.1. The van der Waals surface area contributed by atoms with Gasteiger partial charge in [-0.05, 0) is 29.8 Å². The summed E-state index contributed by atoms with van der Waals surface area (Å²) in [6, 6.07) is 17.0. The zero-order chi connectivity index (χ0) is 19.6. The Labute approximate surface area is 165 Å². The van der Waals surface area contributed by atoms with Crippen molar-refractivity contribution in [1.82, 2.24) is 25.0 Å². The number of nitrogens with one attached hydrogen (secondary N) is 2. The van der Waals surface area contributed by atoms with Gasteiger partial charge in [-0.3, -0.25) is 15.2 Å². The van der Waals surface area contributed by atoms with Crippen molar-refractivity contribution in [3.63, 3.8) is 0 Å². The van der Waals surface area contributed by atoms with E-state index in [0.29, 0.717) is 29.4 Å². The van der Waals surface area contributed by atoms with Crippen LogP contribution >= 0.6 is 0 Å². The fourth-order valence-electron chi connectivity index (χ4n) is 3.01. The number of rotatable bonds is 5. The summed E-state index contributed by atoms with van der Waals surface area (Å²) in [5.74, 6) is 1.20. The number of H-pyrrole nitrogens is 1. The predicted octanol–water partition coefficient (Wildman–Crippen LogP) is 2.70. The number of aromatic amines is 1. The number of hydrogen-bond donors (Lipinski definition) is 2. The Bertz CT molecular complexity index is 1170. The third-order valence-electron chi connectivity index (χ3n) is 4.44. The first-order valence-corrected chi connectivity index (χ1v) is 8.95. The minimum atomic E-state index is -0.373. The highest BCUT2D eigenvalue weighted by atomic mass is 16.7. The van der Waals surface area contributed by atoms with Crippen LogP contribution in [0.3, 0.4) is 0 Å². The highest BCUT2D eigenvalue weighted by Crippen LogP contribution is 2.35. The quantitative estimate of drug-likeness (QED) is 0.544. The van der Waals surface area contributed by atoms with Crippen molar-refractivity contribution in [3.05, 3.63) is 72.2 Å². The van der Waals surface area contributed by atoms with Crippen LogP contribution in [0, 0.1) is 0 Å². The van der Waals surface area contributed by atoms with E-state index < -0.39 is 0 Å². The lowest BCUT2D eigenvalue weighted by Gasteiger charge is -2.00. The van der Waals surface area contributed by atoms with E-state index in [1.54, 1.807) is 17.1 Å². The van der Waals surface area contributed by atoms with Crippen LogP contribution in [0.4, 0.5) is 5.95 Å². The van der Waals surface area contributed by atoms with Crippen molar-refractivity contribution >= 4 is 11.9 Å². The average molecular weight is 388 g/mol. The van der Waals surface area contributed by atoms with E-state index in [2.05, 4.69) is 25.6 Å². The molecule has 0 bridgehead atoms. The monoisotopic (exact) mass is 388 g/mol. The van der Waals surface area contributed by atoms with Gasteiger partial charge in [0.1, 0.15) is 12.0 Å². The fourth-order valence-corrected chi connectivity index (χ4v) is 3.01. The first kappa shape index (κ1) is 17.0. The molecule has 1 aliphatic rings. The van der Waals surface area contributed by atoms with Crippen molar-refractivity contribution in [1.29, 1.82) is 0 Å². The van der Waals surface area contributed by atoms with Gasteiger partial charge in [0.15, 0.2) is 11.5 Å². The van der Waals surface area contributed by atoms with E-state index >= 15 is 0 Å². The molecule has 1 aliphatic heterocycles. The first-order chi connectivity index (χ1) is 14.2. The third-order valence-corrected chi connectivity index (χ3v) is 4.44. The molecular weight excluding hydrogens is 372 g/mol. The van der Waals surface area contributed by atoms with Crippen molar-refractivity contribution in [2.24, 2.45) is 0 Å². The summed E-state index contributed by atoms with van der Waals surface area (Å²) in [5, 5.41) is 13.9. The van der Waals surface area contributed by atoms with E-state index in [4.69, 9.17) is 9.47 Å². The second-order valence-corrected chi connectivity index (χ2v) is 6.44. The minimum absolute atomic E-state index is 0.205. The molecule has 3 heterocycles. The van der Waals surface area contributed by atoms with Gasteiger partial charge in [-0.1, -0.05) is 30.3 Å². The maximum absolute atomic E-state index is 12.5. The van der Waals surface area contributed by atoms with Gasteiger partial charge in [-0.15, -0.1) is 5.10 Å². The number of ether oxygens (including phenoxy) is 2. The summed E-state index contributed by atoms with van der Waals surface area (Å²) in [7, 11) is 0. The molecule has 0 spiro atoms. The largest absolute Gasteiger partial charge is 0.454 e. The van der Waals surface area contributed by atoms with Crippen LogP contribution in [0.15, 0.2) is 60.9 Å². The summed E-state index contributed by atoms with van der Waals surface area (Å²) < 4.78 is 12.4. The van der Waals surface area contributed by atoms with Gasteiger partial charge in [0.05, 0.1) is 12.2 Å². The molecule has 9 nitrogen and oxygen atoms in total. The van der Waals surface area contributed by atoms with Crippen LogP contribution in [0.5, 0.6) is 11.5 Å². The molecule has 0 radical (unpaired) electrons. The molecular formula is C20H16N6O3. The Morgan fingerprint density at radius 1 is 1.10 bits per heavy atom. The second kappa shape index (κ2) is 7.12. The molecule has 0 aliphatic carbocycles. The minimum Gasteiger partial charge on any atom is -0.454 e. The van der Waals surface area contributed by atoms with E-state index in [1.807, 2.05) is 48.5 Å². The third kappa shape index (κ3) is 3.53. The molecule has 144 valence electrons. The lowest BCUT2D eigenvalue weighted by atomic mass is 10.1. The number of carbonyl (C=O) groups is 1. The highest BCUT2D eigenvalue weighted by Gasteiger charge is 2.17. The molecule has 1 amide bonds. The molecule has 5 rings (SSSR count). The Morgan fingerprint density at radius 3 is 2.86 bits per heavy atom. The summed E-state index contributed by atoms with van der Waals surface area (Å²) in [6.07, 6.45) is 1.58. The van der Waals surface area contributed by atoms with Gasteiger partial charge in [-0.25, -0.2) is 9.67 Å². The Balaban J connectivity index is 1.27. The lowest BCUT2D eigenvalue weighted by molar-refractivity contribution is 0.102. The molecule has 2 aromatic heterocycles.